The highest BCUT2D eigenvalue weighted by molar-refractivity contribution is 14.0. The smallest absolute Gasteiger partial charge is 0.193 e. The molecule has 0 aromatic carbocycles. The van der Waals surface area contributed by atoms with Gasteiger partial charge in [-0.1, -0.05) is 0 Å². The van der Waals surface area contributed by atoms with E-state index in [1.807, 2.05) is 0 Å². The Morgan fingerprint density at radius 3 is 2.44 bits per heavy atom. The van der Waals surface area contributed by atoms with Crippen LogP contribution in [-0.2, 0) is 14.6 Å². The number of likely N-dealkylation sites (tertiary alicyclic amines) is 1. The molecule has 2 aliphatic rings. The van der Waals surface area contributed by atoms with Gasteiger partial charge in [0.15, 0.2) is 15.8 Å². The Bertz CT molecular complexity index is 542. The Hall–Kier alpha value is -0.130. The fraction of sp³-hybridized carbons (Fsp3) is 0.938. The van der Waals surface area contributed by atoms with Crippen molar-refractivity contribution in [2.45, 2.75) is 38.0 Å². The van der Waals surface area contributed by atoms with Crippen molar-refractivity contribution < 1.29 is 13.2 Å². The molecule has 0 saturated carbocycles. The van der Waals surface area contributed by atoms with Crippen molar-refractivity contribution in [3.8, 4) is 0 Å². The van der Waals surface area contributed by atoms with Crippen molar-refractivity contribution >= 4 is 39.8 Å². The number of rotatable bonds is 4. The third kappa shape index (κ3) is 6.21. The van der Waals surface area contributed by atoms with Crippen LogP contribution in [0.1, 0.15) is 27.2 Å². The van der Waals surface area contributed by atoms with E-state index in [2.05, 4.69) is 20.1 Å². The molecule has 0 amide bonds. The van der Waals surface area contributed by atoms with Gasteiger partial charge < -0.3 is 15.0 Å². The maximum atomic E-state index is 12.2. The number of halogens is 1. The van der Waals surface area contributed by atoms with Gasteiger partial charge in [0.25, 0.3) is 0 Å². The molecule has 9 heteroatoms. The van der Waals surface area contributed by atoms with Gasteiger partial charge in [-0.05, 0) is 27.2 Å². The number of nitrogens with one attached hydrogen (secondary N) is 1. The Morgan fingerprint density at radius 1 is 1.24 bits per heavy atom. The van der Waals surface area contributed by atoms with Gasteiger partial charge in [0.2, 0.25) is 0 Å². The molecule has 148 valence electrons. The molecule has 0 aromatic rings. The largest absolute Gasteiger partial charge is 0.379 e. The molecular formula is C16H33IN4O3S. The van der Waals surface area contributed by atoms with Crippen molar-refractivity contribution in [2.24, 2.45) is 4.99 Å². The fourth-order valence-corrected chi connectivity index (χ4v) is 4.09. The zero-order valence-electron chi connectivity index (χ0n) is 15.8. The average molecular weight is 488 g/mol. The Morgan fingerprint density at radius 2 is 1.88 bits per heavy atom. The molecule has 1 N–H and O–H groups in total. The van der Waals surface area contributed by atoms with Crippen LogP contribution in [0, 0.1) is 0 Å². The van der Waals surface area contributed by atoms with Crippen molar-refractivity contribution in [3.05, 3.63) is 0 Å². The first kappa shape index (κ1) is 22.9. The standard InChI is InChI=1S/C16H32N4O3S.HI/c1-16(2,3)24(21,22)12-6-18-15(17-4)20-7-5-14(13-20)19-8-10-23-11-9-19;/h14H,5-13H2,1-4H3,(H,17,18);1H. The molecule has 2 heterocycles. The van der Waals surface area contributed by atoms with Crippen LogP contribution in [0.15, 0.2) is 4.99 Å². The van der Waals surface area contributed by atoms with Gasteiger partial charge in [0.05, 0.1) is 23.7 Å². The Labute approximate surface area is 169 Å². The lowest BCUT2D eigenvalue weighted by molar-refractivity contribution is 0.0195. The summed E-state index contributed by atoms with van der Waals surface area (Å²) in [5.74, 6) is 0.922. The summed E-state index contributed by atoms with van der Waals surface area (Å²) in [5.41, 5.74) is 0. The first-order valence-corrected chi connectivity index (χ1v) is 10.4. The molecule has 7 nitrogen and oxygen atoms in total. The topological polar surface area (TPSA) is 74.2 Å². The quantitative estimate of drug-likeness (QED) is 0.359. The van der Waals surface area contributed by atoms with Crippen molar-refractivity contribution in [1.82, 2.24) is 15.1 Å². The molecule has 1 atom stereocenters. The minimum Gasteiger partial charge on any atom is -0.379 e. The molecule has 1 unspecified atom stereocenters. The van der Waals surface area contributed by atoms with Crippen LogP contribution < -0.4 is 5.32 Å². The first-order chi connectivity index (χ1) is 11.2. The fourth-order valence-electron chi connectivity index (χ4n) is 3.11. The molecule has 2 rings (SSSR count). The predicted molar refractivity (Wildman–Crippen MR) is 113 cm³/mol. The van der Waals surface area contributed by atoms with E-state index in [0.717, 1.165) is 51.8 Å². The number of morpholine rings is 1. The lowest BCUT2D eigenvalue weighted by Crippen LogP contribution is -2.47. The molecule has 0 bridgehead atoms. The number of guanidine groups is 1. The van der Waals surface area contributed by atoms with Crippen molar-refractivity contribution in [2.75, 3.05) is 58.7 Å². The highest BCUT2D eigenvalue weighted by atomic mass is 127. The monoisotopic (exact) mass is 488 g/mol. The van der Waals surface area contributed by atoms with Gasteiger partial charge in [-0.3, -0.25) is 9.89 Å². The first-order valence-electron chi connectivity index (χ1n) is 8.74. The molecule has 2 fully saturated rings. The molecule has 2 saturated heterocycles. The maximum absolute atomic E-state index is 12.2. The van der Waals surface area contributed by atoms with E-state index in [1.54, 1.807) is 27.8 Å². The van der Waals surface area contributed by atoms with E-state index in [-0.39, 0.29) is 29.7 Å². The second kappa shape index (κ2) is 9.70. The lowest BCUT2D eigenvalue weighted by Gasteiger charge is -2.32. The van der Waals surface area contributed by atoms with Gasteiger partial charge in [-0.25, -0.2) is 8.42 Å². The molecule has 0 spiro atoms. The van der Waals surface area contributed by atoms with Crippen LogP contribution in [-0.4, -0.2) is 93.7 Å². The summed E-state index contributed by atoms with van der Waals surface area (Å²) in [6.45, 7) is 11.1. The molecule has 0 aliphatic carbocycles. The van der Waals surface area contributed by atoms with Gasteiger partial charge in [0, 0.05) is 45.8 Å². The summed E-state index contributed by atoms with van der Waals surface area (Å²) < 4.78 is 29.1. The van der Waals surface area contributed by atoms with E-state index in [1.165, 1.54) is 0 Å². The number of sulfone groups is 1. The number of aliphatic imine (C=N–C) groups is 1. The van der Waals surface area contributed by atoms with E-state index in [9.17, 15) is 8.42 Å². The van der Waals surface area contributed by atoms with Crippen LogP contribution in [0.2, 0.25) is 0 Å². The van der Waals surface area contributed by atoms with Crippen LogP contribution in [0.5, 0.6) is 0 Å². The zero-order valence-corrected chi connectivity index (χ0v) is 19.0. The van der Waals surface area contributed by atoms with Crippen LogP contribution in [0.3, 0.4) is 0 Å². The average Bonchev–Trinajstić information content (AvgIpc) is 3.01. The van der Waals surface area contributed by atoms with Crippen molar-refractivity contribution in [1.29, 1.82) is 0 Å². The summed E-state index contributed by atoms with van der Waals surface area (Å²) in [6.07, 6.45) is 1.11. The molecule has 25 heavy (non-hydrogen) atoms. The Kier molecular flexibility index (Phi) is 8.89. The van der Waals surface area contributed by atoms with E-state index >= 15 is 0 Å². The second-order valence-corrected chi connectivity index (χ2v) is 10.3. The summed E-state index contributed by atoms with van der Waals surface area (Å²) >= 11 is 0. The summed E-state index contributed by atoms with van der Waals surface area (Å²) in [4.78, 5) is 9.04. The molecule has 2 aliphatic heterocycles. The third-order valence-corrected chi connectivity index (χ3v) is 7.43. The highest BCUT2D eigenvalue weighted by Gasteiger charge is 2.31. The SMILES string of the molecule is CN=C(NCCS(=O)(=O)C(C)(C)C)N1CCC(N2CCOCC2)C1.I. The van der Waals surface area contributed by atoms with E-state index in [4.69, 9.17) is 4.74 Å². The van der Waals surface area contributed by atoms with E-state index in [0.29, 0.717) is 12.6 Å². The molecular weight excluding hydrogens is 455 g/mol. The van der Waals surface area contributed by atoms with Crippen LogP contribution in [0.25, 0.3) is 0 Å². The van der Waals surface area contributed by atoms with Crippen LogP contribution >= 0.6 is 24.0 Å². The zero-order chi connectivity index (χ0) is 17.8. The predicted octanol–water partition coefficient (Wildman–Crippen LogP) is 0.800. The third-order valence-electron chi connectivity index (χ3n) is 4.82. The molecule has 0 radical (unpaired) electrons. The minimum absolute atomic E-state index is 0. The lowest BCUT2D eigenvalue weighted by atomic mass is 10.2. The van der Waals surface area contributed by atoms with Gasteiger partial charge in [-0.2, -0.15) is 0 Å². The van der Waals surface area contributed by atoms with Crippen molar-refractivity contribution in [3.63, 3.8) is 0 Å². The molecule has 0 aromatic heterocycles. The maximum Gasteiger partial charge on any atom is 0.193 e. The number of nitrogens with zero attached hydrogens (tertiary/aromatic N) is 3. The van der Waals surface area contributed by atoms with Gasteiger partial charge in [0.1, 0.15) is 0 Å². The normalized spacial score (nSPS) is 23.4. The number of hydrogen-bond donors (Lipinski definition) is 1. The van der Waals surface area contributed by atoms with Gasteiger partial charge in [-0.15, -0.1) is 24.0 Å². The second-order valence-electron chi connectivity index (χ2n) is 7.44. The van der Waals surface area contributed by atoms with Gasteiger partial charge >= 0.3 is 0 Å². The van der Waals surface area contributed by atoms with E-state index < -0.39 is 14.6 Å². The Balaban J connectivity index is 0.00000312. The summed E-state index contributed by atoms with van der Waals surface area (Å²) in [5, 5.41) is 3.22. The summed E-state index contributed by atoms with van der Waals surface area (Å²) in [6, 6.07) is 0.533. The number of ether oxygens (including phenoxy) is 1. The van der Waals surface area contributed by atoms with Crippen LogP contribution in [0.4, 0.5) is 0 Å². The summed E-state index contributed by atoms with van der Waals surface area (Å²) in [7, 11) is -1.36. The highest BCUT2D eigenvalue weighted by Crippen LogP contribution is 2.17. The minimum atomic E-state index is -3.11. The number of hydrogen-bond acceptors (Lipinski definition) is 5.